The van der Waals surface area contributed by atoms with Crippen molar-refractivity contribution in [2.45, 2.75) is 26.7 Å². The maximum atomic E-state index is 11.7. The number of ketones is 1. The van der Waals surface area contributed by atoms with Crippen molar-refractivity contribution in [2.75, 3.05) is 0 Å². The summed E-state index contributed by atoms with van der Waals surface area (Å²) in [6.45, 7) is 4.06. The van der Waals surface area contributed by atoms with E-state index < -0.39 is 0 Å². The molecule has 1 rings (SSSR count). The number of hydrogen-bond donors (Lipinski definition) is 0. The number of carbonyl (C=O) groups is 1. The Hall–Kier alpha value is -1.62. The van der Waals surface area contributed by atoms with Gasteiger partial charge in [-0.15, -0.1) is 0 Å². The van der Waals surface area contributed by atoms with Crippen LogP contribution in [0.5, 0.6) is 0 Å². The summed E-state index contributed by atoms with van der Waals surface area (Å²) < 4.78 is 0. The molecule has 0 aromatic heterocycles. The number of hydrogen-bond acceptors (Lipinski definition) is 2. The topological polar surface area (TPSA) is 40.9 Å². The quantitative estimate of drug-likeness (QED) is 0.704. The van der Waals surface area contributed by atoms with E-state index in [0.717, 1.165) is 5.57 Å². The molecular weight excluding hydrogens is 186 g/mol. The summed E-state index contributed by atoms with van der Waals surface area (Å²) in [5.74, 6) is 0.565. The minimum atomic E-state index is 0.185. The van der Waals surface area contributed by atoms with Crippen LogP contribution in [-0.2, 0) is 4.79 Å². The predicted molar refractivity (Wildman–Crippen MR) is 60.0 cm³/mol. The molecule has 0 fully saturated rings. The van der Waals surface area contributed by atoms with Gasteiger partial charge in [0, 0.05) is 12.0 Å². The van der Waals surface area contributed by atoms with E-state index in [9.17, 15) is 4.79 Å². The zero-order chi connectivity index (χ0) is 11.3. The van der Waals surface area contributed by atoms with Gasteiger partial charge in [-0.1, -0.05) is 32.1 Å². The molecule has 0 bridgehead atoms. The first-order valence-electron chi connectivity index (χ1n) is 5.14. The zero-order valence-electron chi connectivity index (χ0n) is 9.16. The smallest absolute Gasteiger partial charge is 0.159 e. The van der Waals surface area contributed by atoms with Crippen LogP contribution in [0.2, 0.25) is 0 Å². The van der Waals surface area contributed by atoms with E-state index in [-0.39, 0.29) is 5.78 Å². The van der Waals surface area contributed by atoms with Crippen LogP contribution in [0.25, 0.3) is 0 Å². The molecule has 0 atom stereocenters. The summed E-state index contributed by atoms with van der Waals surface area (Å²) in [5, 5.41) is 8.71. The largest absolute Gasteiger partial charge is 0.295 e. The fraction of sp³-hybridized carbons (Fsp3) is 0.385. The summed E-state index contributed by atoms with van der Waals surface area (Å²) >= 11 is 0. The molecule has 0 spiro atoms. The highest BCUT2D eigenvalue weighted by atomic mass is 16.1. The monoisotopic (exact) mass is 201 g/mol. The number of Topliss-reactive ketones (excluding diaryl/α,β-unsaturated/α-hetero) is 1. The lowest BCUT2D eigenvalue weighted by Crippen LogP contribution is -2.05. The normalized spacial score (nSPS) is 15.3. The average Bonchev–Trinajstić information content (AvgIpc) is 2.41. The summed E-state index contributed by atoms with van der Waals surface area (Å²) in [7, 11) is 0. The van der Waals surface area contributed by atoms with Crippen LogP contribution in [0.4, 0.5) is 0 Å². The van der Waals surface area contributed by atoms with Crippen LogP contribution in [0.1, 0.15) is 26.7 Å². The van der Waals surface area contributed by atoms with Gasteiger partial charge in [-0.05, 0) is 24.0 Å². The van der Waals surface area contributed by atoms with Gasteiger partial charge >= 0.3 is 0 Å². The van der Waals surface area contributed by atoms with Crippen LogP contribution in [0.15, 0.2) is 35.5 Å². The molecule has 0 aromatic carbocycles. The van der Waals surface area contributed by atoms with Gasteiger partial charge in [-0.2, -0.15) is 5.26 Å². The second-order valence-corrected chi connectivity index (χ2v) is 4.05. The number of carbonyl (C=O) groups excluding carboxylic acids is 1. The van der Waals surface area contributed by atoms with Crippen LogP contribution >= 0.6 is 0 Å². The van der Waals surface area contributed by atoms with Gasteiger partial charge in [0.05, 0.1) is 6.07 Å². The molecule has 0 unspecified atom stereocenters. The van der Waals surface area contributed by atoms with Crippen LogP contribution in [-0.4, -0.2) is 5.78 Å². The molecule has 1 aliphatic carbocycles. The molecule has 0 N–H and O–H groups in total. The lowest BCUT2D eigenvalue weighted by atomic mass is 9.99. The molecule has 1 aliphatic rings. The highest BCUT2D eigenvalue weighted by molar-refractivity contribution is 5.96. The summed E-state index contributed by atoms with van der Waals surface area (Å²) in [5.41, 5.74) is 1.42. The Morgan fingerprint density at radius 2 is 2.33 bits per heavy atom. The van der Waals surface area contributed by atoms with E-state index in [1.54, 1.807) is 18.2 Å². The first kappa shape index (κ1) is 11.5. The molecule has 0 saturated heterocycles. The Bertz CT molecular complexity index is 378. The molecule has 0 amide bonds. The number of rotatable bonds is 3. The number of nitrogens with zero attached hydrogens (tertiary/aromatic N) is 1. The van der Waals surface area contributed by atoms with Crippen LogP contribution in [0, 0.1) is 17.2 Å². The van der Waals surface area contributed by atoms with Crippen LogP contribution < -0.4 is 0 Å². The molecule has 2 heteroatoms. The van der Waals surface area contributed by atoms with Crippen molar-refractivity contribution in [3.05, 3.63) is 35.5 Å². The van der Waals surface area contributed by atoms with E-state index in [0.29, 0.717) is 24.3 Å². The molecule has 0 aromatic rings. The molecular formula is C13H15NO. The third kappa shape index (κ3) is 3.55. The highest BCUT2D eigenvalue weighted by Crippen LogP contribution is 2.15. The molecule has 0 radical (unpaired) electrons. The van der Waals surface area contributed by atoms with Gasteiger partial charge in [-0.3, -0.25) is 4.79 Å². The Balaban J connectivity index is 2.71. The Labute approximate surface area is 90.6 Å². The molecule has 15 heavy (non-hydrogen) atoms. The van der Waals surface area contributed by atoms with Gasteiger partial charge in [0.2, 0.25) is 0 Å². The molecule has 0 saturated carbocycles. The van der Waals surface area contributed by atoms with Crippen molar-refractivity contribution in [2.24, 2.45) is 5.92 Å². The molecule has 78 valence electrons. The van der Waals surface area contributed by atoms with Gasteiger partial charge in [-0.25, -0.2) is 0 Å². The first-order chi connectivity index (χ1) is 7.13. The Morgan fingerprint density at radius 3 is 2.93 bits per heavy atom. The third-order valence-corrected chi connectivity index (χ3v) is 2.20. The van der Waals surface area contributed by atoms with Gasteiger partial charge < -0.3 is 0 Å². The van der Waals surface area contributed by atoms with Crippen LogP contribution in [0.3, 0.4) is 0 Å². The zero-order valence-corrected chi connectivity index (χ0v) is 9.16. The van der Waals surface area contributed by atoms with Gasteiger partial charge in [0.1, 0.15) is 0 Å². The summed E-state index contributed by atoms with van der Waals surface area (Å²) in [6.07, 6.45) is 8.27. The molecule has 0 aliphatic heterocycles. The van der Waals surface area contributed by atoms with Crippen molar-refractivity contribution in [3.63, 3.8) is 0 Å². The maximum Gasteiger partial charge on any atom is 0.159 e. The minimum absolute atomic E-state index is 0.185. The van der Waals surface area contributed by atoms with E-state index >= 15 is 0 Å². The highest BCUT2D eigenvalue weighted by Gasteiger charge is 2.11. The number of nitriles is 1. The van der Waals surface area contributed by atoms with Crippen molar-refractivity contribution < 1.29 is 4.79 Å². The Morgan fingerprint density at radius 1 is 1.60 bits per heavy atom. The second kappa shape index (κ2) is 5.31. The SMILES string of the molecule is CC(C)CC(=O)C1=CC=CC(C#N)=CC1. The van der Waals surface area contributed by atoms with E-state index in [4.69, 9.17) is 5.26 Å². The predicted octanol–water partition coefficient (Wildman–Crippen LogP) is 2.94. The van der Waals surface area contributed by atoms with Crippen molar-refractivity contribution in [1.29, 1.82) is 5.26 Å². The standard InChI is InChI=1S/C13H15NO/c1-10(2)8-13(15)12-5-3-4-11(9-14)6-7-12/h3-6,10H,7-8H2,1-2H3. The second-order valence-electron chi connectivity index (χ2n) is 4.05. The number of allylic oxidation sites excluding steroid dienone is 6. The minimum Gasteiger partial charge on any atom is -0.295 e. The van der Waals surface area contributed by atoms with Gasteiger partial charge in [0.15, 0.2) is 5.78 Å². The third-order valence-electron chi connectivity index (χ3n) is 2.20. The molecule has 0 heterocycles. The lowest BCUT2D eigenvalue weighted by Gasteiger charge is -2.05. The summed E-state index contributed by atoms with van der Waals surface area (Å²) in [4.78, 5) is 11.7. The first-order valence-corrected chi connectivity index (χ1v) is 5.14. The van der Waals surface area contributed by atoms with Crippen molar-refractivity contribution in [1.82, 2.24) is 0 Å². The Kier molecular flexibility index (Phi) is 4.05. The average molecular weight is 201 g/mol. The lowest BCUT2D eigenvalue weighted by molar-refractivity contribution is -0.116. The summed E-state index contributed by atoms with van der Waals surface area (Å²) in [6, 6.07) is 2.07. The maximum absolute atomic E-state index is 11.7. The van der Waals surface area contributed by atoms with Gasteiger partial charge in [0.25, 0.3) is 0 Å². The molecule has 2 nitrogen and oxygen atoms in total. The van der Waals surface area contributed by atoms with E-state index in [1.165, 1.54) is 0 Å². The van der Waals surface area contributed by atoms with Crippen molar-refractivity contribution in [3.8, 4) is 6.07 Å². The van der Waals surface area contributed by atoms with E-state index in [2.05, 4.69) is 6.07 Å². The fourth-order valence-electron chi connectivity index (χ4n) is 1.42. The fourth-order valence-corrected chi connectivity index (χ4v) is 1.42. The van der Waals surface area contributed by atoms with Crippen molar-refractivity contribution >= 4 is 5.78 Å². The van der Waals surface area contributed by atoms with E-state index in [1.807, 2.05) is 19.9 Å².